The van der Waals surface area contributed by atoms with E-state index in [4.69, 9.17) is 9.41 Å². The van der Waals surface area contributed by atoms with Crippen LogP contribution >= 0.6 is 12.4 Å². The summed E-state index contributed by atoms with van der Waals surface area (Å²) < 4.78 is 5.20. The molecule has 27 heavy (non-hydrogen) atoms. The minimum Gasteiger partial charge on any atom is -0.472 e. The molecule has 0 radical (unpaired) electrons. The molecule has 0 amide bonds. The van der Waals surface area contributed by atoms with Gasteiger partial charge in [0, 0.05) is 29.9 Å². The van der Waals surface area contributed by atoms with Gasteiger partial charge in [-0.15, -0.1) is 12.4 Å². The van der Waals surface area contributed by atoms with Crippen molar-refractivity contribution in [3.05, 3.63) is 59.2 Å². The maximum absolute atomic E-state index is 11.8. The number of hydrogen-bond donors (Lipinski definition) is 2. The third kappa shape index (κ3) is 2.96. The van der Waals surface area contributed by atoms with Crippen LogP contribution in [0.4, 0.5) is 5.69 Å². The third-order valence-corrected chi connectivity index (χ3v) is 5.46. The molecular formula is C20H21ClN4O2. The second-order valence-corrected chi connectivity index (χ2v) is 6.95. The Balaban J connectivity index is 0.00000180. The molecule has 2 aromatic rings. The molecule has 140 valence electrons. The van der Waals surface area contributed by atoms with Crippen LogP contribution in [0.15, 0.2) is 51.9 Å². The van der Waals surface area contributed by atoms with E-state index in [2.05, 4.69) is 34.8 Å². The standard InChI is InChI=1S/C20H20N4O2.ClH/c25-11-17-19(14-7-10-26-12-14)21-8-9-24(17)20-22-15-5-1-3-13-4-2-6-16(23-20)18(13)15;/h1,3,5,7,10,12,16,19,21H,2,4,6,8-9H2,(H,22,23);1H. The number of carbonyl (C=O) groups excluding carboxylic acids is 1. The number of piperazine rings is 1. The number of guanidine groups is 1. The molecule has 0 saturated carbocycles. The van der Waals surface area contributed by atoms with Gasteiger partial charge in [0.15, 0.2) is 0 Å². The predicted octanol–water partition coefficient (Wildman–Crippen LogP) is 3.22. The first kappa shape index (κ1) is 17.9. The van der Waals surface area contributed by atoms with Crippen LogP contribution < -0.4 is 10.6 Å². The van der Waals surface area contributed by atoms with Crippen molar-refractivity contribution in [2.24, 2.45) is 4.99 Å². The number of hydrogen-bond acceptors (Lipinski definition) is 6. The van der Waals surface area contributed by atoms with E-state index in [9.17, 15) is 4.79 Å². The van der Waals surface area contributed by atoms with Crippen molar-refractivity contribution in [2.45, 2.75) is 31.3 Å². The lowest BCUT2D eigenvalue weighted by atomic mass is 9.86. The van der Waals surface area contributed by atoms with Gasteiger partial charge in [-0.25, -0.2) is 9.79 Å². The lowest BCUT2D eigenvalue weighted by Gasteiger charge is -2.39. The molecular weight excluding hydrogens is 364 g/mol. The molecule has 1 aromatic heterocycles. The van der Waals surface area contributed by atoms with Crippen molar-refractivity contribution < 1.29 is 9.21 Å². The highest BCUT2D eigenvalue weighted by Gasteiger charge is 2.34. The van der Waals surface area contributed by atoms with Crippen molar-refractivity contribution in [1.29, 1.82) is 0 Å². The van der Waals surface area contributed by atoms with Gasteiger partial charge < -0.3 is 20.0 Å². The second kappa shape index (κ2) is 7.24. The molecule has 2 atom stereocenters. The molecule has 2 aliphatic heterocycles. The van der Waals surface area contributed by atoms with E-state index in [0.29, 0.717) is 12.2 Å². The Morgan fingerprint density at radius 1 is 1.30 bits per heavy atom. The highest BCUT2D eigenvalue weighted by atomic mass is 35.5. The summed E-state index contributed by atoms with van der Waals surface area (Å²) in [5.41, 5.74) is 5.28. The highest BCUT2D eigenvalue weighted by molar-refractivity contribution is 5.98. The summed E-state index contributed by atoms with van der Waals surface area (Å²) in [4.78, 5) is 18.8. The maximum atomic E-state index is 11.8. The van der Waals surface area contributed by atoms with Crippen LogP contribution in [-0.2, 0) is 11.2 Å². The molecule has 5 rings (SSSR count). The third-order valence-electron chi connectivity index (χ3n) is 5.46. The number of aryl methyl sites for hydroxylation is 1. The number of rotatable bonds is 1. The molecule has 2 unspecified atom stereocenters. The van der Waals surface area contributed by atoms with Gasteiger partial charge in [-0.05, 0) is 37.0 Å². The Bertz CT molecular complexity index is 918. The van der Waals surface area contributed by atoms with Crippen LogP contribution in [0.5, 0.6) is 0 Å². The van der Waals surface area contributed by atoms with Crippen LogP contribution in [0.3, 0.4) is 0 Å². The largest absolute Gasteiger partial charge is 0.472 e. The lowest BCUT2D eigenvalue weighted by Crippen LogP contribution is -2.49. The number of benzene rings is 1. The van der Waals surface area contributed by atoms with Gasteiger partial charge in [-0.1, -0.05) is 12.1 Å². The molecule has 3 aliphatic rings. The summed E-state index contributed by atoms with van der Waals surface area (Å²) >= 11 is 0. The number of nitrogens with one attached hydrogen (secondary N) is 2. The highest BCUT2D eigenvalue weighted by Crippen LogP contribution is 2.41. The monoisotopic (exact) mass is 384 g/mol. The average Bonchev–Trinajstić information content (AvgIpc) is 3.22. The normalized spacial score (nSPS) is 23.5. The summed E-state index contributed by atoms with van der Waals surface area (Å²) in [7, 11) is 0. The van der Waals surface area contributed by atoms with Crippen molar-refractivity contribution in [3.8, 4) is 0 Å². The summed E-state index contributed by atoms with van der Waals surface area (Å²) in [5, 5.41) is 6.83. The Kier molecular flexibility index (Phi) is 4.79. The van der Waals surface area contributed by atoms with E-state index in [1.807, 2.05) is 11.0 Å². The Morgan fingerprint density at radius 3 is 3.04 bits per heavy atom. The summed E-state index contributed by atoms with van der Waals surface area (Å²) in [5.74, 6) is 2.88. The molecule has 3 heterocycles. The first-order chi connectivity index (χ1) is 12.8. The fourth-order valence-electron chi connectivity index (χ4n) is 4.27. The fraction of sp³-hybridized carbons (Fsp3) is 0.350. The quantitative estimate of drug-likeness (QED) is 0.739. The van der Waals surface area contributed by atoms with Crippen molar-refractivity contribution in [2.75, 3.05) is 18.4 Å². The maximum Gasteiger partial charge on any atom is 0.204 e. The van der Waals surface area contributed by atoms with Crippen molar-refractivity contribution >= 4 is 30.0 Å². The fourth-order valence-corrected chi connectivity index (χ4v) is 4.27. The second-order valence-electron chi connectivity index (χ2n) is 6.95. The van der Waals surface area contributed by atoms with E-state index in [-0.39, 0.29) is 24.5 Å². The van der Waals surface area contributed by atoms with Gasteiger partial charge in [0.1, 0.15) is 11.6 Å². The molecule has 1 saturated heterocycles. The smallest absolute Gasteiger partial charge is 0.204 e. The zero-order valence-electron chi connectivity index (χ0n) is 14.8. The number of furan rings is 1. The van der Waals surface area contributed by atoms with E-state index < -0.39 is 0 Å². The first-order valence-electron chi connectivity index (χ1n) is 9.10. The van der Waals surface area contributed by atoms with Gasteiger partial charge in [-0.3, -0.25) is 0 Å². The Labute approximate surface area is 163 Å². The molecule has 1 aromatic carbocycles. The van der Waals surface area contributed by atoms with E-state index in [1.54, 1.807) is 12.5 Å². The topological polar surface area (TPSA) is 69.9 Å². The minimum atomic E-state index is -0.233. The molecule has 2 N–H and O–H groups in total. The zero-order valence-corrected chi connectivity index (χ0v) is 15.6. The van der Waals surface area contributed by atoms with Gasteiger partial charge in [-0.2, -0.15) is 0 Å². The van der Waals surface area contributed by atoms with Crippen LogP contribution in [0, 0.1) is 0 Å². The van der Waals surface area contributed by atoms with Crippen LogP contribution in [0.2, 0.25) is 0 Å². The van der Waals surface area contributed by atoms with Gasteiger partial charge in [0.05, 0.1) is 24.6 Å². The summed E-state index contributed by atoms with van der Waals surface area (Å²) in [6, 6.07) is 8.20. The Hall–Kier alpha value is -2.53. The number of nitrogens with zero attached hydrogens (tertiary/aromatic N) is 2. The Morgan fingerprint density at radius 2 is 2.22 bits per heavy atom. The number of aliphatic imine (C=N–C) groups is 1. The van der Waals surface area contributed by atoms with E-state index in [0.717, 1.165) is 43.0 Å². The van der Waals surface area contributed by atoms with Crippen LogP contribution in [-0.4, -0.2) is 29.9 Å². The van der Waals surface area contributed by atoms with E-state index in [1.165, 1.54) is 11.1 Å². The molecule has 7 heteroatoms. The first-order valence-corrected chi connectivity index (χ1v) is 9.10. The van der Waals surface area contributed by atoms with Gasteiger partial charge >= 0.3 is 0 Å². The molecule has 0 bridgehead atoms. The van der Waals surface area contributed by atoms with Crippen LogP contribution in [0.25, 0.3) is 0 Å². The van der Waals surface area contributed by atoms with Crippen molar-refractivity contribution in [1.82, 2.24) is 10.2 Å². The SMILES string of the molecule is Cl.O=C=C1C(c2ccoc2)NCCN1C1=NC2CCCc3cccc(c32)N1. The minimum absolute atomic E-state index is 0. The molecule has 1 aliphatic carbocycles. The summed E-state index contributed by atoms with van der Waals surface area (Å²) in [6.45, 7) is 1.42. The number of anilines is 1. The van der Waals surface area contributed by atoms with Crippen molar-refractivity contribution in [3.63, 3.8) is 0 Å². The predicted molar refractivity (Wildman–Crippen MR) is 106 cm³/mol. The molecule has 0 spiro atoms. The average molecular weight is 385 g/mol. The zero-order chi connectivity index (χ0) is 17.5. The van der Waals surface area contributed by atoms with Gasteiger partial charge in [0.2, 0.25) is 5.96 Å². The van der Waals surface area contributed by atoms with E-state index >= 15 is 0 Å². The summed E-state index contributed by atoms with van der Waals surface area (Å²) in [6.07, 6.45) is 6.59. The van der Waals surface area contributed by atoms with Gasteiger partial charge in [0.25, 0.3) is 0 Å². The molecule has 1 fully saturated rings. The lowest BCUT2D eigenvalue weighted by molar-refractivity contribution is 0.362. The van der Waals surface area contributed by atoms with Crippen LogP contribution in [0.1, 0.15) is 41.6 Å². The number of halogens is 1. The molecule has 6 nitrogen and oxygen atoms in total.